The number of halogens is 2. The molecule has 1 fully saturated rings. The van der Waals surface area contributed by atoms with E-state index in [0.29, 0.717) is 10.0 Å². The van der Waals surface area contributed by atoms with Crippen LogP contribution in [-0.4, -0.2) is 22.9 Å². The van der Waals surface area contributed by atoms with Crippen molar-refractivity contribution in [2.75, 3.05) is 18.5 Å². The van der Waals surface area contributed by atoms with Gasteiger partial charge in [-0.25, -0.2) is 4.68 Å². The van der Waals surface area contributed by atoms with Gasteiger partial charge in [0.05, 0.1) is 16.4 Å². The molecule has 6 heteroatoms. The van der Waals surface area contributed by atoms with Gasteiger partial charge in [0.2, 0.25) is 0 Å². The normalized spacial score (nSPS) is 20.6. The number of nitrogens with zero attached hydrogens (tertiary/aromatic N) is 2. The van der Waals surface area contributed by atoms with Gasteiger partial charge in [0.15, 0.2) is 0 Å². The first-order valence-electron chi connectivity index (χ1n) is 7.17. The molecule has 0 amide bonds. The van der Waals surface area contributed by atoms with E-state index in [1.54, 1.807) is 12.1 Å². The molecule has 2 aliphatic rings. The SMILES string of the molecule is Clc1ccc(Cl)c(-n2nc(C3CCCO3)c3c2NCC3)c1. The van der Waals surface area contributed by atoms with E-state index >= 15 is 0 Å². The van der Waals surface area contributed by atoms with Crippen molar-refractivity contribution in [1.82, 2.24) is 9.78 Å². The number of ether oxygens (including phenoxy) is 1. The van der Waals surface area contributed by atoms with Crippen molar-refractivity contribution in [3.8, 4) is 5.69 Å². The van der Waals surface area contributed by atoms with Crippen molar-refractivity contribution >= 4 is 29.0 Å². The van der Waals surface area contributed by atoms with E-state index in [4.69, 9.17) is 33.0 Å². The Bertz CT molecular complexity index is 692. The van der Waals surface area contributed by atoms with Crippen LogP contribution in [0.2, 0.25) is 10.0 Å². The third-order valence-electron chi connectivity index (χ3n) is 4.05. The fourth-order valence-electron chi connectivity index (χ4n) is 3.08. The molecule has 4 nitrogen and oxygen atoms in total. The van der Waals surface area contributed by atoms with Crippen LogP contribution < -0.4 is 5.32 Å². The second-order valence-electron chi connectivity index (χ2n) is 5.40. The molecular weight excluding hydrogens is 309 g/mol. The zero-order valence-corrected chi connectivity index (χ0v) is 12.9. The van der Waals surface area contributed by atoms with Gasteiger partial charge in [0.25, 0.3) is 0 Å². The maximum absolute atomic E-state index is 6.32. The minimum Gasteiger partial charge on any atom is -0.372 e. The van der Waals surface area contributed by atoms with Crippen molar-refractivity contribution < 1.29 is 4.74 Å². The van der Waals surface area contributed by atoms with Crippen LogP contribution in [0.25, 0.3) is 5.69 Å². The molecule has 1 atom stereocenters. The molecule has 2 aromatic rings. The van der Waals surface area contributed by atoms with Crippen molar-refractivity contribution in [2.24, 2.45) is 0 Å². The zero-order chi connectivity index (χ0) is 14.4. The van der Waals surface area contributed by atoms with E-state index < -0.39 is 0 Å². The standard InChI is InChI=1S/C15H15Cl2N3O/c16-9-3-4-11(17)12(8-9)20-15-10(5-6-18-15)14(19-20)13-2-1-7-21-13/h3-4,8,13,18H,1-2,5-7H2. The summed E-state index contributed by atoms with van der Waals surface area (Å²) in [5.74, 6) is 1.02. The summed E-state index contributed by atoms with van der Waals surface area (Å²) in [6, 6.07) is 5.43. The zero-order valence-electron chi connectivity index (χ0n) is 11.4. The summed E-state index contributed by atoms with van der Waals surface area (Å²) in [7, 11) is 0. The first kappa shape index (κ1) is 13.4. The summed E-state index contributed by atoms with van der Waals surface area (Å²) in [4.78, 5) is 0. The van der Waals surface area contributed by atoms with Gasteiger partial charge < -0.3 is 10.1 Å². The van der Waals surface area contributed by atoms with E-state index in [9.17, 15) is 0 Å². The van der Waals surface area contributed by atoms with Crippen LogP contribution in [0, 0.1) is 0 Å². The van der Waals surface area contributed by atoms with Crippen molar-refractivity contribution in [3.05, 3.63) is 39.5 Å². The minimum atomic E-state index is 0.109. The van der Waals surface area contributed by atoms with Crippen LogP contribution in [0.5, 0.6) is 0 Å². The van der Waals surface area contributed by atoms with Crippen LogP contribution in [0.15, 0.2) is 18.2 Å². The van der Waals surface area contributed by atoms with Crippen molar-refractivity contribution in [2.45, 2.75) is 25.4 Å². The monoisotopic (exact) mass is 323 g/mol. The molecule has 2 aliphatic heterocycles. The third-order valence-corrected chi connectivity index (χ3v) is 4.61. The van der Waals surface area contributed by atoms with Gasteiger partial charge in [0, 0.05) is 23.7 Å². The Morgan fingerprint density at radius 1 is 1.33 bits per heavy atom. The largest absolute Gasteiger partial charge is 0.372 e. The summed E-state index contributed by atoms with van der Waals surface area (Å²) in [6.07, 6.45) is 3.21. The number of fused-ring (bicyclic) bond motifs is 1. The number of hydrogen-bond acceptors (Lipinski definition) is 3. The molecule has 0 bridgehead atoms. The van der Waals surface area contributed by atoms with Crippen molar-refractivity contribution in [3.63, 3.8) is 0 Å². The van der Waals surface area contributed by atoms with Gasteiger partial charge >= 0.3 is 0 Å². The number of rotatable bonds is 2. The maximum Gasteiger partial charge on any atom is 0.133 e. The van der Waals surface area contributed by atoms with E-state index in [1.165, 1.54) is 5.56 Å². The highest BCUT2D eigenvalue weighted by atomic mass is 35.5. The molecule has 0 aliphatic carbocycles. The van der Waals surface area contributed by atoms with Gasteiger partial charge in [-0.15, -0.1) is 0 Å². The molecule has 21 heavy (non-hydrogen) atoms. The Hall–Kier alpha value is -1.23. The molecule has 1 aromatic heterocycles. The molecule has 1 saturated heterocycles. The predicted molar refractivity (Wildman–Crippen MR) is 83.7 cm³/mol. The molecular formula is C15H15Cl2N3O. The van der Waals surface area contributed by atoms with E-state index in [0.717, 1.165) is 49.6 Å². The Balaban J connectivity index is 1.86. The molecule has 0 radical (unpaired) electrons. The van der Waals surface area contributed by atoms with Gasteiger partial charge in [-0.3, -0.25) is 0 Å². The highest BCUT2D eigenvalue weighted by Gasteiger charge is 2.30. The molecule has 0 saturated carbocycles. The first-order chi connectivity index (χ1) is 10.2. The molecule has 1 unspecified atom stereocenters. The van der Waals surface area contributed by atoms with Crippen LogP contribution in [0.3, 0.4) is 0 Å². The summed E-state index contributed by atoms with van der Waals surface area (Å²) < 4.78 is 7.67. The molecule has 1 N–H and O–H groups in total. The average molecular weight is 324 g/mol. The third kappa shape index (κ3) is 2.22. The second-order valence-corrected chi connectivity index (χ2v) is 6.24. The second kappa shape index (κ2) is 5.20. The molecule has 3 heterocycles. The summed E-state index contributed by atoms with van der Waals surface area (Å²) in [5.41, 5.74) is 3.10. The number of anilines is 1. The topological polar surface area (TPSA) is 39.1 Å². The van der Waals surface area contributed by atoms with E-state index in [2.05, 4.69) is 5.32 Å². The minimum absolute atomic E-state index is 0.109. The van der Waals surface area contributed by atoms with Crippen LogP contribution in [0.4, 0.5) is 5.82 Å². The van der Waals surface area contributed by atoms with Crippen LogP contribution in [-0.2, 0) is 11.2 Å². The fraction of sp³-hybridized carbons (Fsp3) is 0.400. The summed E-state index contributed by atoms with van der Waals surface area (Å²) >= 11 is 12.4. The molecule has 4 rings (SSSR count). The predicted octanol–water partition coefficient (Wildman–Crippen LogP) is 4.00. The lowest BCUT2D eigenvalue weighted by molar-refractivity contribution is 0.107. The van der Waals surface area contributed by atoms with E-state index in [1.807, 2.05) is 10.7 Å². The number of hydrogen-bond donors (Lipinski definition) is 1. The fourth-order valence-corrected chi connectivity index (χ4v) is 3.44. The van der Waals surface area contributed by atoms with Gasteiger partial charge in [0.1, 0.15) is 11.9 Å². The lowest BCUT2D eigenvalue weighted by Crippen LogP contribution is -2.07. The van der Waals surface area contributed by atoms with Gasteiger partial charge in [-0.05, 0) is 37.5 Å². The highest BCUT2D eigenvalue weighted by Crippen LogP contribution is 2.38. The number of benzene rings is 1. The Labute approximate surface area is 133 Å². The highest BCUT2D eigenvalue weighted by molar-refractivity contribution is 6.34. The lowest BCUT2D eigenvalue weighted by atomic mass is 10.1. The average Bonchev–Trinajstić information content (AvgIpc) is 3.16. The van der Waals surface area contributed by atoms with E-state index in [-0.39, 0.29) is 6.10 Å². The number of nitrogens with one attached hydrogen (secondary N) is 1. The molecule has 1 aromatic carbocycles. The van der Waals surface area contributed by atoms with Gasteiger partial charge in [-0.2, -0.15) is 5.10 Å². The van der Waals surface area contributed by atoms with Crippen LogP contribution >= 0.6 is 23.2 Å². The van der Waals surface area contributed by atoms with Gasteiger partial charge in [-0.1, -0.05) is 23.2 Å². The smallest absolute Gasteiger partial charge is 0.133 e. The summed E-state index contributed by atoms with van der Waals surface area (Å²) in [5, 5.41) is 9.46. The lowest BCUT2D eigenvalue weighted by Gasteiger charge is -2.09. The number of aromatic nitrogens is 2. The molecule has 110 valence electrons. The Kier molecular flexibility index (Phi) is 3.32. The first-order valence-corrected chi connectivity index (χ1v) is 7.92. The summed E-state index contributed by atoms with van der Waals surface area (Å²) in [6.45, 7) is 1.74. The quantitative estimate of drug-likeness (QED) is 0.907. The van der Waals surface area contributed by atoms with Crippen LogP contribution in [0.1, 0.15) is 30.2 Å². The Morgan fingerprint density at radius 3 is 3.05 bits per heavy atom. The molecule has 0 spiro atoms. The Morgan fingerprint density at radius 2 is 2.24 bits per heavy atom. The maximum atomic E-state index is 6.32. The van der Waals surface area contributed by atoms with Crippen molar-refractivity contribution in [1.29, 1.82) is 0 Å².